The van der Waals surface area contributed by atoms with E-state index < -0.39 is 9.84 Å². The van der Waals surface area contributed by atoms with Crippen molar-refractivity contribution < 1.29 is 13.5 Å². The number of nitrogens with one attached hydrogen (secondary N) is 1. The third-order valence-electron chi connectivity index (χ3n) is 2.54. The van der Waals surface area contributed by atoms with E-state index in [9.17, 15) is 8.42 Å². The van der Waals surface area contributed by atoms with Gasteiger partial charge in [0.05, 0.1) is 5.75 Å². The molecule has 0 aromatic carbocycles. The van der Waals surface area contributed by atoms with Crippen molar-refractivity contribution in [2.75, 3.05) is 24.7 Å². The molecule has 0 bridgehead atoms. The normalized spacial score (nSPS) is 16.3. The highest BCUT2D eigenvalue weighted by Crippen LogP contribution is 2.00. The highest BCUT2D eigenvalue weighted by Gasteiger charge is 2.13. The van der Waals surface area contributed by atoms with Crippen molar-refractivity contribution in [2.24, 2.45) is 5.92 Å². The van der Waals surface area contributed by atoms with E-state index in [2.05, 4.69) is 5.32 Å². The minimum absolute atomic E-state index is 0.121. The van der Waals surface area contributed by atoms with Gasteiger partial charge in [0.25, 0.3) is 0 Å². The van der Waals surface area contributed by atoms with Gasteiger partial charge in [-0.05, 0) is 19.3 Å². The summed E-state index contributed by atoms with van der Waals surface area (Å²) in [6.45, 7) is 6.33. The lowest BCUT2D eigenvalue weighted by Gasteiger charge is -2.19. The summed E-state index contributed by atoms with van der Waals surface area (Å²) in [6, 6.07) is 0.145. The van der Waals surface area contributed by atoms with Crippen LogP contribution in [0.1, 0.15) is 27.2 Å². The molecule has 2 atom stereocenters. The van der Waals surface area contributed by atoms with Crippen LogP contribution in [-0.4, -0.2) is 44.2 Å². The molecule has 4 nitrogen and oxygen atoms in total. The van der Waals surface area contributed by atoms with Gasteiger partial charge in [-0.2, -0.15) is 0 Å². The van der Waals surface area contributed by atoms with E-state index in [-0.39, 0.29) is 30.1 Å². The van der Waals surface area contributed by atoms with Crippen LogP contribution in [0.15, 0.2) is 0 Å². The Bertz CT molecular complexity index is 251. The van der Waals surface area contributed by atoms with Gasteiger partial charge in [-0.15, -0.1) is 0 Å². The number of rotatable bonds is 8. The van der Waals surface area contributed by atoms with Gasteiger partial charge in [0.1, 0.15) is 0 Å². The Hall–Kier alpha value is -0.130. The molecule has 0 radical (unpaired) electrons. The van der Waals surface area contributed by atoms with Gasteiger partial charge >= 0.3 is 0 Å². The molecule has 0 aliphatic rings. The van der Waals surface area contributed by atoms with Crippen LogP contribution in [0, 0.1) is 5.92 Å². The number of sulfone groups is 1. The summed E-state index contributed by atoms with van der Waals surface area (Å²) in [7, 11) is -2.88. The molecule has 0 fully saturated rings. The molecular formula is C10H23NO3S. The third-order valence-corrected chi connectivity index (χ3v) is 4.39. The summed E-state index contributed by atoms with van der Waals surface area (Å²) in [5, 5.41) is 12.0. The highest BCUT2D eigenvalue weighted by atomic mass is 32.2. The molecule has 2 N–H and O–H groups in total. The number of hydrogen-bond donors (Lipinski definition) is 2. The first-order valence-corrected chi connectivity index (χ1v) is 7.29. The van der Waals surface area contributed by atoms with E-state index in [4.69, 9.17) is 5.11 Å². The smallest absolute Gasteiger partial charge is 0.151 e. The quantitative estimate of drug-likeness (QED) is 0.642. The van der Waals surface area contributed by atoms with Crippen LogP contribution in [0.3, 0.4) is 0 Å². The largest absolute Gasteiger partial charge is 0.396 e. The van der Waals surface area contributed by atoms with Crippen molar-refractivity contribution in [3.63, 3.8) is 0 Å². The minimum Gasteiger partial charge on any atom is -0.396 e. The molecule has 0 aromatic rings. The summed E-state index contributed by atoms with van der Waals surface area (Å²) >= 11 is 0. The number of aliphatic hydroxyl groups is 1. The van der Waals surface area contributed by atoms with Gasteiger partial charge in [0.15, 0.2) is 9.84 Å². The van der Waals surface area contributed by atoms with Crippen LogP contribution in [-0.2, 0) is 9.84 Å². The molecule has 2 unspecified atom stereocenters. The molecule has 0 saturated heterocycles. The Morgan fingerprint density at radius 1 is 1.27 bits per heavy atom. The molecule has 0 amide bonds. The average molecular weight is 237 g/mol. The Morgan fingerprint density at radius 2 is 1.87 bits per heavy atom. The zero-order valence-electron chi connectivity index (χ0n) is 9.86. The van der Waals surface area contributed by atoms with Crippen molar-refractivity contribution in [2.45, 2.75) is 33.2 Å². The lowest BCUT2D eigenvalue weighted by molar-refractivity contribution is 0.208. The van der Waals surface area contributed by atoms with Gasteiger partial charge in [-0.3, -0.25) is 0 Å². The monoisotopic (exact) mass is 237 g/mol. The Labute approximate surface area is 93.0 Å². The Kier molecular flexibility index (Phi) is 7.13. The second kappa shape index (κ2) is 7.19. The van der Waals surface area contributed by atoms with E-state index in [1.807, 2.05) is 20.8 Å². The molecule has 15 heavy (non-hydrogen) atoms. The van der Waals surface area contributed by atoms with Crippen molar-refractivity contribution >= 4 is 9.84 Å². The van der Waals surface area contributed by atoms with Crippen LogP contribution in [0.4, 0.5) is 0 Å². The fourth-order valence-corrected chi connectivity index (χ4v) is 2.47. The van der Waals surface area contributed by atoms with Gasteiger partial charge in [-0.1, -0.05) is 13.8 Å². The average Bonchev–Trinajstić information content (AvgIpc) is 2.15. The first kappa shape index (κ1) is 14.9. The van der Waals surface area contributed by atoms with Gasteiger partial charge < -0.3 is 10.4 Å². The fraction of sp³-hybridized carbons (Fsp3) is 1.00. The van der Waals surface area contributed by atoms with Crippen LogP contribution in [0.5, 0.6) is 0 Å². The van der Waals surface area contributed by atoms with E-state index in [0.29, 0.717) is 13.0 Å². The predicted molar refractivity (Wildman–Crippen MR) is 62.7 cm³/mol. The van der Waals surface area contributed by atoms with Crippen molar-refractivity contribution in [3.8, 4) is 0 Å². The van der Waals surface area contributed by atoms with E-state index >= 15 is 0 Å². The molecule has 92 valence electrons. The first-order valence-electron chi connectivity index (χ1n) is 5.47. The maximum absolute atomic E-state index is 11.4. The molecule has 0 spiro atoms. The highest BCUT2D eigenvalue weighted by molar-refractivity contribution is 7.91. The van der Waals surface area contributed by atoms with Gasteiger partial charge in [0, 0.05) is 24.9 Å². The molecule has 0 rings (SSSR count). The maximum Gasteiger partial charge on any atom is 0.151 e. The summed E-state index contributed by atoms with van der Waals surface area (Å²) in [6.07, 6.45) is 0.672. The van der Waals surface area contributed by atoms with E-state index in [1.165, 1.54) is 0 Å². The molecular weight excluding hydrogens is 214 g/mol. The van der Waals surface area contributed by atoms with Crippen molar-refractivity contribution in [1.29, 1.82) is 0 Å². The van der Waals surface area contributed by atoms with Crippen molar-refractivity contribution in [1.82, 2.24) is 5.32 Å². The number of hydrogen-bond acceptors (Lipinski definition) is 4. The summed E-state index contributed by atoms with van der Waals surface area (Å²) < 4.78 is 22.7. The molecule has 5 heteroatoms. The standard InChI is InChI=1S/C10H23NO3S/c1-4-6-15(13,14)7-5-11-10(3)9(2)8-12/h9-12H,4-8H2,1-3H3. The molecule has 0 heterocycles. The second-order valence-corrected chi connectivity index (χ2v) is 6.36. The van der Waals surface area contributed by atoms with E-state index in [0.717, 1.165) is 0 Å². The first-order chi connectivity index (χ1) is 6.93. The SMILES string of the molecule is CCCS(=O)(=O)CCNC(C)C(C)CO. The van der Waals surface area contributed by atoms with Gasteiger partial charge in [-0.25, -0.2) is 8.42 Å². The fourth-order valence-electron chi connectivity index (χ4n) is 1.21. The van der Waals surface area contributed by atoms with Gasteiger partial charge in [0.2, 0.25) is 0 Å². The summed E-state index contributed by atoms with van der Waals surface area (Å²) in [5.41, 5.74) is 0. The summed E-state index contributed by atoms with van der Waals surface area (Å²) in [5.74, 6) is 0.598. The molecule has 0 aromatic heterocycles. The van der Waals surface area contributed by atoms with Crippen LogP contribution >= 0.6 is 0 Å². The lowest BCUT2D eigenvalue weighted by Crippen LogP contribution is -2.37. The Morgan fingerprint density at radius 3 is 2.33 bits per heavy atom. The molecule has 0 aliphatic carbocycles. The third kappa shape index (κ3) is 6.87. The molecule has 0 saturated carbocycles. The van der Waals surface area contributed by atoms with Crippen molar-refractivity contribution in [3.05, 3.63) is 0 Å². The minimum atomic E-state index is -2.88. The predicted octanol–water partition coefficient (Wildman–Crippen LogP) is 0.418. The van der Waals surface area contributed by atoms with Crippen LogP contribution in [0.2, 0.25) is 0 Å². The zero-order valence-corrected chi connectivity index (χ0v) is 10.7. The van der Waals surface area contributed by atoms with E-state index in [1.54, 1.807) is 0 Å². The lowest BCUT2D eigenvalue weighted by atomic mass is 10.1. The summed E-state index contributed by atoms with van der Waals surface area (Å²) in [4.78, 5) is 0. The van der Waals surface area contributed by atoms with Crippen LogP contribution in [0.25, 0.3) is 0 Å². The maximum atomic E-state index is 11.4. The second-order valence-electron chi connectivity index (χ2n) is 4.05. The topological polar surface area (TPSA) is 66.4 Å². The van der Waals surface area contributed by atoms with Crippen LogP contribution < -0.4 is 5.32 Å². The zero-order chi connectivity index (χ0) is 11.9. The molecule has 0 aliphatic heterocycles. The Balaban J connectivity index is 3.79. The number of aliphatic hydroxyl groups excluding tert-OH is 1.